The number of carboxylic acids is 1. The molecular weight excluding hydrogens is 310 g/mol. The number of aromatic nitrogens is 4. The van der Waals surface area contributed by atoms with Gasteiger partial charge in [-0.2, -0.15) is 10.2 Å². The molecule has 0 saturated carbocycles. The number of hydrogen-bond acceptors (Lipinski definition) is 4. The molecule has 0 fully saturated rings. The Hall–Kier alpha value is -2.90. The van der Waals surface area contributed by atoms with Gasteiger partial charge in [-0.25, -0.2) is 4.79 Å². The zero-order chi connectivity index (χ0) is 18.3. The lowest BCUT2D eigenvalue weighted by atomic mass is 10.1. The summed E-state index contributed by atoms with van der Waals surface area (Å²) < 4.78 is 0. The second-order valence-corrected chi connectivity index (χ2v) is 5.42. The maximum Gasteiger partial charge on any atom is 0.331 e. The van der Waals surface area contributed by atoms with Gasteiger partial charge in [0.05, 0.1) is 17.0 Å². The molecule has 0 radical (unpaired) electrons. The molecule has 2 heterocycles. The Labute approximate surface area is 140 Å². The van der Waals surface area contributed by atoms with Gasteiger partial charge in [-0.05, 0) is 40.2 Å². The largest absolute Gasteiger partial charge is 0.478 e. The molecule has 0 aromatic carbocycles. The average molecular weight is 333 g/mol. The number of H-pyrrole nitrogens is 2. The van der Waals surface area contributed by atoms with Gasteiger partial charge in [-0.1, -0.05) is 6.58 Å². The smallest absolute Gasteiger partial charge is 0.331 e. The average Bonchev–Trinajstić information content (AvgIpc) is 3.04. The third-order valence-corrected chi connectivity index (χ3v) is 3.20. The van der Waals surface area contributed by atoms with Crippen LogP contribution < -0.4 is 5.32 Å². The Bertz CT molecular complexity index is 694. The van der Waals surface area contributed by atoms with Crippen LogP contribution in [0.1, 0.15) is 39.6 Å². The summed E-state index contributed by atoms with van der Waals surface area (Å²) in [7, 11) is 0. The number of nitrogens with zero attached hydrogens (tertiary/aromatic N) is 2. The number of nitrogens with one attached hydrogen (secondary N) is 3. The van der Waals surface area contributed by atoms with E-state index in [1.54, 1.807) is 13.8 Å². The molecule has 2 rings (SSSR count). The second kappa shape index (κ2) is 8.66. The Balaban J connectivity index is 0.000000341. The van der Waals surface area contributed by atoms with Gasteiger partial charge in [0.15, 0.2) is 0 Å². The highest BCUT2D eigenvalue weighted by molar-refractivity contribution is 5.96. The predicted molar refractivity (Wildman–Crippen MR) is 89.8 cm³/mol. The van der Waals surface area contributed by atoms with Crippen molar-refractivity contribution in [1.82, 2.24) is 25.7 Å². The number of hydrogen-bond donors (Lipinski definition) is 4. The topological polar surface area (TPSA) is 124 Å². The summed E-state index contributed by atoms with van der Waals surface area (Å²) in [5, 5.41) is 24.6. The Morgan fingerprint density at radius 3 is 2.25 bits per heavy atom. The fourth-order valence-electron chi connectivity index (χ4n) is 1.96. The molecule has 0 aliphatic carbocycles. The van der Waals surface area contributed by atoms with Crippen LogP contribution >= 0.6 is 0 Å². The highest BCUT2D eigenvalue weighted by atomic mass is 16.4. The number of carbonyl (C=O) groups excluding carboxylic acids is 1. The Morgan fingerprint density at radius 1 is 1.21 bits per heavy atom. The zero-order valence-electron chi connectivity index (χ0n) is 14.4. The van der Waals surface area contributed by atoms with Crippen molar-refractivity contribution in [3.8, 4) is 0 Å². The maximum absolute atomic E-state index is 11.8. The standard InChI is InChI=1S/C11H15N3O3.C5H8N2/c1-6(11(16)17)4-5-12-10(15)9-7(2)13-14-8(9)3;1-4-3-5(2)7-6-4/h1,4-5H2,2-3H3,(H,12,15)(H,13,14)(H,16,17);3H,1-2H3,(H,6,7). The van der Waals surface area contributed by atoms with Crippen molar-refractivity contribution >= 4 is 11.9 Å². The van der Waals surface area contributed by atoms with Crippen molar-refractivity contribution in [2.75, 3.05) is 6.54 Å². The summed E-state index contributed by atoms with van der Waals surface area (Å²) in [5.74, 6) is -1.30. The van der Waals surface area contributed by atoms with Crippen molar-refractivity contribution in [3.05, 3.63) is 46.6 Å². The van der Waals surface area contributed by atoms with Crippen LogP contribution in [0.15, 0.2) is 18.2 Å². The number of carboxylic acid groups (broad SMARTS) is 1. The van der Waals surface area contributed by atoms with E-state index in [1.807, 2.05) is 19.9 Å². The van der Waals surface area contributed by atoms with Crippen LogP contribution in [0.4, 0.5) is 0 Å². The van der Waals surface area contributed by atoms with Gasteiger partial charge in [0.25, 0.3) is 5.91 Å². The van der Waals surface area contributed by atoms with Gasteiger partial charge < -0.3 is 10.4 Å². The van der Waals surface area contributed by atoms with Crippen LogP contribution in [0, 0.1) is 27.7 Å². The summed E-state index contributed by atoms with van der Waals surface area (Å²) in [6.07, 6.45) is 0.219. The quantitative estimate of drug-likeness (QED) is 0.621. The fraction of sp³-hybridized carbons (Fsp3) is 0.375. The van der Waals surface area contributed by atoms with Crippen molar-refractivity contribution in [1.29, 1.82) is 0 Å². The van der Waals surface area contributed by atoms with E-state index in [4.69, 9.17) is 5.11 Å². The van der Waals surface area contributed by atoms with Crippen LogP contribution in [0.3, 0.4) is 0 Å². The van der Waals surface area contributed by atoms with Crippen molar-refractivity contribution < 1.29 is 14.7 Å². The molecule has 8 heteroatoms. The van der Waals surface area contributed by atoms with E-state index in [2.05, 4.69) is 32.3 Å². The first-order chi connectivity index (χ1) is 11.2. The minimum absolute atomic E-state index is 0.0749. The van der Waals surface area contributed by atoms with E-state index in [0.29, 0.717) is 17.0 Å². The van der Waals surface area contributed by atoms with Crippen LogP contribution in [0.25, 0.3) is 0 Å². The Morgan fingerprint density at radius 2 is 1.88 bits per heavy atom. The van der Waals surface area contributed by atoms with Gasteiger partial charge in [-0.3, -0.25) is 15.0 Å². The predicted octanol–water partition coefficient (Wildman–Crippen LogP) is 1.81. The summed E-state index contributed by atoms with van der Waals surface area (Å²) in [5.41, 5.74) is 4.07. The molecule has 0 saturated heterocycles. The Kier molecular flexibility index (Phi) is 6.91. The third kappa shape index (κ3) is 5.71. The molecule has 4 N–H and O–H groups in total. The lowest BCUT2D eigenvalue weighted by Gasteiger charge is -2.05. The van der Waals surface area contributed by atoms with Gasteiger partial charge in [0.2, 0.25) is 0 Å². The second-order valence-electron chi connectivity index (χ2n) is 5.42. The van der Waals surface area contributed by atoms with E-state index in [0.717, 1.165) is 11.4 Å². The summed E-state index contributed by atoms with van der Waals surface area (Å²) in [6, 6.07) is 2.00. The number of aryl methyl sites for hydroxylation is 4. The van der Waals surface area contributed by atoms with Crippen LogP contribution in [-0.2, 0) is 4.79 Å². The normalized spacial score (nSPS) is 9.83. The van der Waals surface area contributed by atoms with Gasteiger partial charge in [0.1, 0.15) is 0 Å². The lowest BCUT2D eigenvalue weighted by molar-refractivity contribution is -0.132. The molecule has 24 heavy (non-hydrogen) atoms. The number of aromatic amines is 2. The molecule has 2 aromatic rings. The molecule has 0 aliphatic rings. The fourth-order valence-corrected chi connectivity index (χ4v) is 1.96. The molecule has 0 unspecified atom stereocenters. The molecule has 1 amide bonds. The van der Waals surface area contributed by atoms with Crippen molar-refractivity contribution in [2.24, 2.45) is 0 Å². The van der Waals surface area contributed by atoms with E-state index >= 15 is 0 Å². The van der Waals surface area contributed by atoms with E-state index in [9.17, 15) is 9.59 Å². The van der Waals surface area contributed by atoms with Gasteiger partial charge >= 0.3 is 5.97 Å². The highest BCUT2D eigenvalue weighted by Gasteiger charge is 2.14. The van der Waals surface area contributed by atoms with Crippen LogP contribution in [-0.4, -0.2) is 43.9 Å². The molecule has 8 nitrogen and oxygen atoms in total. The lowest BCUT2D eigenvalue weighted by Crippen LogP contribution is -2.26. The summed E-state index contributed by atoms with van der Waals surface area (Å²) >= 11 is 0. The van der Waals surface area contributed by atoms with E-state index in [-0.39, 0.29) is 24.4 Å². The number of amides is 1. The molecular formula is C16H23N5O3. The molecule has 130 valence electrons. The molecule has 0 atom stereocenters. The van der Waals surface area contributed by atoms with E-state index in [1.165, 1.54) is 0 Å². The van der Waals surface area contributed by atoms with Crippen LogP contribution in [0.2, 0.25) is 0 Å². The first-order valence-electron chi connectivity index (χ1n) is 7.41. The SMILES string of the molecule is C=C(CCNC(=O)c1c(C)n[nH]c1C)C(=O)O.Cc1cc(C)[nH]n1. The first kappa shape index (κ1) is 19.1. The monoisotopic (exact) mass is 333 g/mol. The van der Waals surface area contributed by atoms with Crippen molar-refractivity contribution in [2.45, 2.75) is 34.1 Å². The minimum Gasteiger partial charge on any atom is -0.478 e. The number of carbonyl (C=O) groups is 2. The zero-order valence-corrected chi connectivity index (χ0v) is 14.4. The van der Waals surface area contributed by atoms with Gasteiger partial charge in [0, 0.05) is 23.5 Å². The first-order valence-corrected chi connectivity index (χ1v) is 7.41. The molecule has 0 aliphatic heterocycles. The molecule has 2 aromatic heterocycles. The third-order valence-electron chi connectivity index (χ3n) is 3.20. The molecule has 0 spiro atoms. The molecule has 0 bridgehead atoms. The van der Waals surface area contributed by atoms with Crippen LogP contribution in [0.5, 0.6) is 0 Å². The maximum atomic E-state index is 11.8. The van der Waals surface area contributed by atoms with E-state index < -0.39 is 5.97 Å². The minimum atomic E-state index is -1.05. The van der Waals surface area contributed by atoms with Gasteiger partial charge in [-0.15, -0.1) is 0 Å². The highest BCUT2D eigenvalue weighted by Crippen LogP contribution is 2.08. The summed E-state index contributed by atoms with van der Waals surface area (Å²) in [4.78, 5) is 22.2. The van der Waals surface area contributed by atoms with Crippen molar-refractivity contribution in [3.63, 3.8) is 0 Å². The number of rotatable bonds is 5. The summed E-state index contributed by atoms with van der Waals surface area (Å²) in [6.45, 7) is 11.1. The number of aliphatic carboxylic acids is 1.